The second kappa shape index (κ2) is 9.18. The fourth-order valence-corrected chi connectivity index (χ4v) is 2.80. The summed E-state index contributed by atoms with van der Waals surface area (Å²) in [6, 6.07) is 16.7. The van der Waals surface area contributed by atoms with Crippen LogP contribution in [0, 0.1) is 0 Å². The number of ether oxygens (including phenoxy) is 1. The molecule has 27 heavy (non-hydrogen) atoms. The summed E-state index contributed by atoms with van der Waals surface area (Å²) < 4.78 is 5.66. The summed E-state index contributed by atoms with van der Waals surface area (Å²) in [7, 11) is 0. The zero-order chi connectivity index (χ0) is 19.1. The van der Waals surface area contributed by atoms with Crippen molar-refractivity contribution in [2.75, 3.05) is 0 Å². The maximum absolute atomic E-state index is 5.66. The van der Waals surface area contributed by atoms with Gasteiger partial charge in [0, 0.05) is 12.4 Å². The Morgan fingerprint density at radius 2 is 1.78 bits per heavy atom. The zero-order valence-electron chi connectivity index (χ0n) is 16.1. The molecule has 0 aliphatic heterocycles. The first kappa shape index (κ1) is 18.9. The number of hydrogen-bond donors (Lipinski definition) is 0. The molecule has 0 radical (unpaired) electrons. The first-order valence-corrected chi connectivity index (χ1v) is 9.54. The van der Waals surface area contributed by atoms with E-state index in [1.165, 1.54) is 24.0 Å². The highest BCUT2D eigenvalue weighted by Gasteiger charge is 2.22. The minimum atomic E-state index is 0.180. The van der Waals surface area contributed by atoms with Gasteiger partial charge >= 0.3 is 0 Å². The van der Waals surface area contributed by atoms with E-state index in [1.807, 2.05) is 62.5 Å². The minimum absolute atomic E-state index is 0.180. The van der Waals surface area contributed by atoms with Gasteiger partial charge in [-0.3, -0.25) is 4.99 Å². The summed E-state index contributed by atoms with van der Waals surface area (Å²) in [4.78, 5) is 4.30. The van der Waals surface area contributed by atoms with Gasteiger partial charge in [0.1, 0.15) is 5.75 Å². The molecule has 0 bridgehead atoms. The molecule has 1 fully saturated rings. The van der Waals surface area contributed by atoms with Crippen molar-refractivity contribution in [3.05, 3.63) is 90.2 Å². The molecule has 138 valence electrons. The normalized spacial score (nSPS) is 14.6. The Balaban J connectivity index is 1.47. The average molecular weight is 357 g/mol. The number of hydrogen-bond acceptors (Lipinski definition) is 2. The quantitative estimate of drug-likeness (QED) is 0.382. The molecule has 0 unspecified atom stereocenters. The lowest BCUT2D eigenvalue weighted by atomic mass is 10.1. The van der Waals surface area contributed by atoms with E-state index in [0.29, 0.717) is 0 Å². The van der Waals surface area contributed by atoms with E-state index >= 15 is 0 Å². The SMILES string of the molecule is C=C(\C=C/C=N\C=C\c1ccc(C2CC2)cc1)c1ccc(OC(C)C)cc1. The molecule has 0 amide bonds. The van der Waals surface area contributed by atoms with Crippen molar-refractivity contribution >= 4 is 17.9 Å². The molecule has 0 N–H and O–H groups in total. The Kier molecular flexibility index (Phi) is 6.43. The van der Waals surface area contributed by atoms with Gasteiger partial charge < -0.3 is 4.74 Å². The third-order valence-electron chi connectivity index (χ3n) is 4.40. The van der Waals surface area contributed by atoms with Crippen LogP contribution in [0.25, 0.3) is 11.6 Å². The first-order valence-electron chi connectivity index (χ1n) is 9.54. The largest absolute Gasteiger partial charge is 0.491 e. The van der Waals surface area contributed by atoms with Gasteiger partial charge in [-0.25, -0.2) is 0 Å². The van der Waals surface area contributed by atoms with Gasteiger partial charge in [-0.1, -0.05) is 49.1 Å². The van der Waals surface area contributed by atoms with Crippen molar-refractivity contribution in [3.8, 4) is 5.75 Å². The van der Waals surface area contributed by atoms with Crippen LogP contribution in [0.15, 0.2) is 78.5 Å². The molecule has 1 aliphatic rings. The Hall–Kier alpha value is -2.87. The van der Waals surface area contributed by atoms with Crippen LogP contribution in [0.2, 0.25) is 0 Å². The lowest BCUT2D eigenvalue weighted by Gasteiger charge is -2.10. The molecule has 1 saturated carbocycles. The Morgan fingerprint density at radius 3 is 2.41 bits per heavy atom. The smallest absolute Gasteiger partial charge is 0.119 e. The van der Waals surface area contributed by atoms with Crippen LogP contribution in [-0.4, -0.2) is 12.3 Å². The van der Waals surface area contributed by atoms with Crippen LogP contribution < -0.4 is 4.74 Å². The predicted octanol–water partition coefficient (Wildman–Crippen LogP) is 6.66. The molecule has 0 spiro atoms. The van der Waals surface area contributed by atoms with Crippen molar-refractivity contribution in [1.29, 1.82) is 0 Å². The summed E-state index contributed by atoms with van der Waals surface area (Å²) in [5.41, 5.74) is 4.65. The van der Waals surface area contributed by atoms with Crippen LogP contribution in [0.1, 0.15) is 49.3 Å². The summed E-state index contributed by atoms with van der Waals surface area (Å²) in [6.45, 7) is 8.14. The molecular formula is C25H27NO. The van der Waals surface area contributed by atoms with Crippen LogP contribution in [0.5, 0.6) is 5.75 Å². The Labute approximate surface area is 162 Å². The zero-order valence-corrected chi connectivity index (χ0v) is 16.1. The number of nitrogens with zero attached hydrogens (tertiary/aromatic N) is 1. The maximum atomic E-state index is 5.66. The topological polar surface area (TPSA) is 21.6 Å². The average Bonchev–Trinajstić information content (AvgIpc) is 3.50. The Morgan fingerprint density at radius 1 is 1.07 bits per heavy atom. The molecule has 2 heteroatoms. The van der Waals surface area contributed by atoms with E-state index in [2.05, 4.69) is 35.8 Å². The van der Waals surface area contributed by atoms with Crippen molar-refractivity contribution in [2.24, 2.45) is 4.99 Å². The van der Waals surface area contributed by atoms with E-state index in [9.17, 15) is 0 Å². The summed E-state index contributed by atoms with van der Waals surface area (Å²) in [5.74, 6) is 1.68. The fourth-order valence-electron chi connectivity index (χ4n) is 2.80. The van der Waals surface area contributed by atoms with Gasteiger partial charge in [0.15, 0.2) is 0 Å². The fraction of sp³-hybridized carbons (Fsp3) is 0.240. The molecule has 2 nitrogen and oxygen atoms in total. The van der Waals surface area contributed by atoms with Gasteiger partial charge in [0.05, 0.1) is 6.10 Å². The van der Waals surface area contributed by atoms with E-state index in [0.717, 1.165) is 22.8 Å². The van der Waals surface area contributed by atoms with Crippen LogP contribution in [0.4, 0.5) is 0 Å². The predicted molar refractivity (Wildman–Crippen MR) is 116 cm³/mol. The van der Waals surface area contributed by atoms with Gasteiger partial charge in [-0.15, -0.1) is 0 Å². The number of allylic oxidation sites excluding steroid dienone is 3. The third kappa shape index (κ3) is 6.10. The van der Waals surface area contributed by atoms with Gasteiger partial charge in [0.25, 0.3) is 0 Å². The van der Waals surface area contributed by atoms with Crippen molar-refractivity contribution in [3.63, 3.8) is 0 Å². The van der Waals surface area contributed by atoms with E-state index < -0.39 is 0 Å². The molecule has 3 rings (SSSR count). The third-order valence-corrected chi connectivity index (χ3v) is 4.40. The maximum Gasteiger partial charge on any atom is 0.119 e. The lowest BCUT2D eigenvalue weighted by Crippen LogP contribution is -2.05. The van der Waals surface area contributed by atoms with E-state index in [-0.39, 0.29) is 6.10 Å². The number of benzene rings is 2. The van der Waals surface area contributed by atoms with Crippen LogP contribution in [0.3, 0.4) is 0 Å². The highest BCUT2D eigenvalue weighted by Crippen LogP contribution is 2.39. The number of aliphatic imine (C=N–C) groups is 1. The highest BCUT2D eigenvalue weighted by atomic mass is 16.5. The minimum Gasteiger partial charge on any atom is -0.491 e. The molecule has 0 aromatic heterocycles. The summed E-state index contributed by atoms with van der Waals surface area (Å²) >= 11 is 0. The van der Waals surface area contributed by atoms with Crippen molar-refractivity contribution < 1.29 is 4.74 Å². The highest BCUT2D eigenvalue weighted by molar-refractivity contribution is 5.80. The molecule has 2 aromatic rings. The first-order chi connectivity index (χ1) is 13.1. The monoisotopic (exact) mass is 357 g/mol. The molecule has 1 aliphatic carbocycles. The van der Waals surface area contributed by atoms with Gasteiger partial charge in [0.2, 0.25) is 0 Å². The molecule has 0 saturated heterocycles. The second-order valence-electron chi connectivity index (χ2n) is 7.13. The van der Waals surface area contributed by atoms with Crippen molar-refractivity contribution in [2.45, 2.75) is 38.7 Å². The number of rotatable bonds is 8. The lowest BCUT2D eigenvalue weighted by molar-refractivity contribution is 0.242. The Bertz CT molecular complexity index is 835. The van der Waals surface area contributed by atoms with Crippen molar-refractivity contribution in [1.82, 2.24) is 0 Å². The molecule has 2 aromatic carbocycles. The van der Waals surface area contributed by atoms with Crippen LogP contribution in [-0.2, 0) is 0 Å². The molecular weight excluding hydrogens is 330 g/mol. The molecule has 0 atom stereocenters. The van der Waals surface area contributed by atoms with Crippen LogP contribution >= 0.6 is 0 Å². The second-order valence-corrected chi connectivity index (χ2v) is 7.13. The summed E-state index contributed by atoms with van der Waals surface area (Å²) in [6.07, 6.45) is 12.3. The van der Waals surface area contributed by atoms with Gasteiger partial charge in [-0.2, -0.15) is 0 Å². The van der Waals surface area contributed by atoms with E-state index in [1.54, 1.807) is 6.21 Å². The van der Waals surface area contributed by atoms with E-state index in [4.69, 9.17) is 4.74 Å². The summed E-state index contributed by atoms with van der Waals surface area (Å²) in [5, 5.41) is 0. The molecule has 0 heterocycles. The standard InChI is InChI=1S/C25H27NO/c1-19(2)27-25-14-12-22(13-15-25)20(3)5-4-17-26-18-16-21-6-8-23(9-7-21)24-10-11-24/h4-9,12-19,24H,3,10-11H2,1-2H3/b5-4-,18-16+,26-17-. The van der Waals surface area contributed by atoms with Gasteiger partial charge in [-0.05, 0) is 79.2 Å².